The van der Waals surface area contributed by atoms with Crippen molar-refractivity contribution in [2.24, 2.45) is 0 Å². The number of rotatable bonds is 7. The maximum Gasteiger partial charge on any atom is 0.347 e. The lowest BCUT2D eigenvalue weighted by atomic mass is 10.1. The van der Waals surface area contributed by atoms with E-state index in [0.717, 1.165) is 11.3 Å². The minimum Gasteiger partial charge on any atom is -0.484 e. The number of benzene rings is 1. The fourth-order valence-electron chi connectivity index (χ4n) is 3.75. The van der Waals surface area contributed by atoms with Crippen LogP contribution in [0.3, 0.4) is 0 Å². The zero-order valence-electron chi connectivity index (χ0n) is 18.0. The Morgan fingerprint density at radius 1 is 1.31 bits per heavy atom. The number of aromatic carboxylic acids is 1. The molecule has 0 bridgehead atoms. The first kappa shape index (κ1) is 22.4. The molecule has 8 nitrogen and oxygen atoms in total. The number of aryl methyl sites for hydroxylation is 1. The second kappa shape index (κ2) is 9.38. The summed E-state index contributed by atoms with van der Waals surface area (Å²) in [5.74, 6) is -0.586. The summed E-state index contributed by atoms with van der Waals surface area (Å²) >= 11 is 1.08. The number of ether oxygens (including phenoxy) is 4. The zero-order chi connectivity index (χ0) is 22.8. The number of carboxylic acids is 1. The Morgan fingerprint density at radius 2 is 2.03 bits per heavy atom. The highest BCUT2D eigenvalue weighted by molar-refractivity contribution is 7.17. The predicted molar refractivity (Wildman–Crippen MR) is 117 cm³/mol. The largest absolute Gasteiger partial charge is 0.484 e. The molecule has 1 N–H and O–H groups in total. The van der Waals surface area contributed by atoms with E-state index >= 15 is 0 Å². The Balaban J connectivity index is 1.46. The van der Waals surface area contributed by atoms with Crippen molar-refractivity contribution in [1.29, 1.82) is 5.26 Å². The smallest absolute Gasteiger partial charge is 0.347 e. The second-order valence-electron chi connectivity index (χ2n) is 7.97. The van der Waals surface area contributed by atoms with Gasteiger partial charge >= 0.3 is 5.97 Å². The minimum atomic E-state index is -1.01. The first-order chi connectivity index (χ1) is 15.4. The van der Waals surface area contributed by atoms with Gasteiger partial charge in [0.1, 0.15) is 40.0 Å². The summed E-state index contributed by atoms with van der Waals surface area (Å²) in [6.07, 6.45) is 1.04. The Bertz CT molecular complexity index is 1080. The molecule has 2 aromatic rings. The summed E-state index contributed by atoms with van der Waals surface area (Å²) in [5.41, 5.74) is 2.64. The molecule has 2 aliphatic heterocycles. The molecule has 3 heterocycles. The maximum absolute atomic E-state index is 11.3. The normalized spacial score (nSPS) is 24.1. The number of nitrogens with zero attached hydrogens (tertiary/aromatic N) is 2. The van der Waals surface area contributed by atoms with E-state index < -0.39 is 5.97 Å². The summed E-state index contributed by atoms with van der Waals surface area (Å²) in [4.78, 5) is 15.8. The van der Waals surface area contributed by atoms with Crippen LogP contribution < -0.4 is 4.74 Å². The van der Waals surface area contributed by atoms with E-state index in [-0.39, 0.29) is 29.3 Å². The molecule has 32 heavy (non-hydrogen) atoms. The molecule has 1 aromatic heterocycles. The molecule has 168 valence electrons. The van der Waals surface area contributed by atoms with Crippen molar-refractivity contribution < 1.29 is 28.8 Å². The topological polar surface area (TPSA) is 111 Å². The van der Waals surface area contributed by atoms with Gasteiger partial charge in [-0.15, -0.1) is 11.3 Å². The highest BCUT2D eigenvalue weighted by Crippen LogP contribution is 2.35. The average Bonchev–Trinajstić information content (AvgIpc) is 3.45. The van der Waals surface area contributed by atoms with Gasteiger partial charge in [0.25, 0.3) is 0 Å². The van der Waals surface area contributed by atoms with Crippen LogP contribution in [-0.4, -0.2) is 60.3 Å². The van der Waals surface area contributed by atoms with E-state index in [1.165, 1.54) is 5.57 Å². The summed E-state index contributed by atoms with van der Waals surface area (Å²) in [6, 6.07) is 7.29. The van der Waals surface area contributed by atoms with Crippen molar-refractivity contribution in [1.82, 2.24) is 4.98 Å². The minimum absolute atomic E-state index is 0.154. The Hall–Kier alpha value is -2.77. The van der Waals surface area contributed by atoms with Crippen LogP contribution in [-0.2, 0) is 14.2 Å². The number of carboxylic acid groups (broad SMARTS) is 1. The lowest BCUT2D eigenvalue weighted by molar-refractivity contribution is -0.0260. The van der Waals surface area contributed by atoms with Gasteiger partial charge in [-0.3, -0.25) is 0 Å². The summed E-state index contributed by atoms with van der Waals surface area (Å²) in [7, 11) is 0. The molecular formula is C23H24N2O6S. The molecular weight excluding hydrogens is 432 g/mol. The van der Waals surface area contributed by atoms with E-state index in [1.807, 2.05) is 19.9 Å². The van der Waals surface area contributed by atoms with E-state index in [2.05, 4.69) is 11.1 Å². The van der Waals surface area contributed by atoms with Gasteiger partial charge in [-0.05, 0) is 39.0 Å². The number of hydrogen-bond acceptors (Lipinski definition) is 8. The van der Waals surface area contributed by atoms with Crippen molar-refractivity contribution >= 4 is 17.3 Å². The predicted octanol–water partition coefficient (Wildman–Crippen LogP) is 3.58. The van der Waals surface area contributed by atoms with Crippen molar-refractivity contribution in [3.8, 4) is 22.4 Å². The third-order valence-electron chi connectivity index (χ3n) is 5.38. The van der Waals surface area contributed by atoms with Crippen LogP contribution in [0, 0.1) is 18.3 Å². The van der Waals surface area contributed by atoms with Gasteiger partial charge in [-0.25, -0.2) is 9.78 Å². The first-order valence-corrected chi connectivity index (χ1v) is 11.1. The van der Waals surface area contributed by atoms with Gasteiger partial charge in [0.05, 0.1) is 31.1 Å². The standard InChI is InChI=1S/C23H24N2O6S/c1-12(2)6-7-28-17-10-29-20-18(11-30-19(17)20)31-16-5-4-14(8-15(16)9-24)22-25-13(3)21(32-22)23(26)27/h4-6,8,17-20H,7,10-11H2,1-3H3,(H,26,27)/t17-,18-,19+,20+/m0/s1. The van der Waals surface area contributed by atoms with Crippen LogP contribution in [0.25, 0.3) is 10.6 Å². The second-order valence-corrected chi connectivity index (χ2v) is 8.97. The first-order valence-electron chi connectivity index (χ1n) is 10.3. The number of thiazole rings is 1. The van der Waals surface area contributed by atoms with E-state index in [0.29, 0.717) is 47.4 Å². The van der Waals surface area contributed by atoms with E-state index in [4.69, 9.17) is 18.9 Å². The van der Waals surface area contributed by atoms with Crippen LogP contribution in [0.2, 0.25) is 0 Å². The molecule has 0 aliphatic carbocycles. The van der Waals surface area contributed by atoms with Crippen molar-refractivity contribution in [3.63, 3.8) is 0 Å². The number of fused-ring (bicyclic) bond motifs is 1. The fourth-order valence-corrected chi connectivity index (χ4v) is 4.65. The molecule has 1 aromatic carbocycles. The summed E-state index contributed by atoms with van der Waals surface area (Å²) in [5, 5.41) is 19.5. The molecule has 0 unspecified atom stereocenters. The molecule has 0 saturated carbocycles. The van der Waals surface area contributed by atoms with Gasteiger partial charge in [0.2, 0.25) is 0 Å². The van der Waals surface area contributed by atoms with Gasteiger partial charge in [0.15, 0.2) is 6.10 Å². The lowest BCUT2D eigenvalue weighted by Gasteiger charge is -2.19. The molecule has 4 atom stereocenters. The summed E-state index contributed by atoms with van der Waals surface area (Å²) in [6.45, 7) is 6.98. The molecule has 2 fully saturated rings. The van der Waals surface area contributed by atoms with Gasteiger partial charge in [-0.2, -0.15) is 5.26 Å². The molecule has 2 saturated heterocycles. The van der Waals surface area contributed by atoms with Crippen LogP contribution in [0.15, 0.2) is 29.8 Å². The lowest BCUT2D eigenvalue weighted by Crippen LogP contribution is -2.35. The third kappa shape index (κ3) is 4.54. The highest BCUT2D eigenvalue weighted by atomic mass is 32.1. The van der Waals surface area contributed by atoms with Crippen LogP contribution in [0.1, 0.15) is 34.8 Å². The zero-order valence-corrected chi connectivity index (χ0v) is 18.8. The third-order valence-corrected chi connectivity index (χ3v) is 6.58. The Morgan fingerprint density at radius 3 is 2.69 bits per heavy atom. The van der Waals surface area contributed by atoms with Crippen LogP contribution in [0.4, 0.5) is 0 Å². The number of carbonyl (C=O) groups is 1. The molecule has 0 radical (unpaired) electrons. The van der Waals surface area contributed by atoms with Gasteiger partial charge in [0, 0.05) is 5.56 Å². The van der Waals surface area contributed by atoms with Crippen LogP contribution in [0.5, 0.6) is 5.75 Å². The van der Waals surface area contributed by atoms with Crippen molar-refractivity contribution in [2.75, 3.05) is 19.8 Å². The molecule has 2 aliphatic rings. The van der Waals surface area contributed by atoms with Crippen molar-refractivity contribution in [2.45, 2.75) is 45.2 Å². The van der Waals surface area contributed by atoms with E-state index in [1.54, 1.807) is 25.1 Å². The molecule has 0 spiro atoms. The summed E-state index contributed by atoms with van der Waals surface area (Å²) < 4.78 is 23.8. The number of nitriles is 1. The van der Waals surface area contributed by atoms with Crippen molar-refractivity contribution in [3.05, 3.63) is 46.0 Å². The average molecular weight is 457 g/mol. The number of hydrogen-bond donors (Lipinski definition) is 1. The van der Waals surface area contributed by atoms with Gasteiger partial charge < -0.3 is 24.1 Å². The van der Waals surface area contributed by atoms with Crippen LogP contribution >= 0.6 is 11.3 Å². The monoisotopic (exact) mass is 456 g/mol. The Labute approximate surface area is 190 Å². The maximum atomic E-state index is 11.3. The highest BCUT2D eigenvalue weighted by Gasteiger charge is 2.49. The quantitative estimate of drug-likeness (QED) is 0.630. The number of aromatic nitrogens is 1. The molecule has 9 heteroatoms. The molecule has 0 amide bonds. The number of allylic oxidation sites excluding steroid dienone is 1. The fraction of sp³-hybridized carbons (Fsp3) is 0.435. The van der Waals surface area contributed by atoms with Gasteiger partial charge in [-0.1, -0.05) is 11.6 Å². The Kier molecular flexibility index (Phi) is 6.58. The molecule has 4 rings (SSSR count). The SMILES string of the molecule is CC(C)=CCO[C@H]1CO[C@H]2[C@@H]1OC[C@@H]2Oc1ccc(-c2nc(C)c(C(=O)O)s2)cc1C#N. The van der Waals surface area contributed by atoms with E-state index in [9.17, 15) is 15.2 Å².